The standard InChI is InChI=1S/C21H28ClN5O2S/c1-14(19(28)24-17-6-4-3-5-7-17)30-21-26-25-18(27(21)2)12-13-23-20(29)15-8-10-16(22)11-9-15/h8-11,14,17H,3-7,12-13H2,1-2H3,(H,23,29)(H,24,28). The Morgan fingerprint density at radius 2 is 1.90 bits per heavy atom. The van der Waals surface area contributed by atoms with Crippen molar-refractivity contribution in [1.29, 1.82) is 0 Å². The summed E-state index contributed by atoms with van der Waals surface area (Å²) in [4.78, 5) is 24.7. The van der Waals surface area contributed by atoms with E-state index in [0.29, 0.717) is 34.7 Å². The third kappa shape index (κ3) is 6.22. The van der Waals surface area contributed by atoms with Gasteiger partial charge in [0.05, 0.1) is 5.25 Å². The predicted molar refractivity (Wildman–Crippen MR) is 119 cm³/mol. The predicted octanol–water partition coefficient (Wildman–Crippen LogP) is 3.37. The number of benzene rings is 1. The Morgan fingerprint density at radius 3 is 2.60 bits per heavy atom. The average molecular weight is 450 g/mol. The Labute approximate surface area is 186 Å². The van der Waals surface area contributed by atoms with Gasteiger partial charge >= 0.3 is 0 Å². The molecule has 30 heavy (non-hydrogen) atoms. The Balaban J connectivity index is 1.47. The number of hydrogen-bond donors (Lipinski definition) is 2. The van der Waals surface area contributed by atoms with Gasteiger partial charge in [-0.2, -0.15) is 0 Å². The molecule has 0 bridgehead atoms. The number of amides is 2. The van der Waals surface area contributed by atoms with Crippen LogP contribution in [0.4, 0.5) is 0 Å². The SMILES string of the molecule is CC(Sc1nnc(CCNC(=O)c2ccc(Cl)cc2)n1C)C(=O)NC1CCCCC1. The summed E-state index contributed by atoms with van der Waals surface area (Å²) in [6.07, 6.45) is 6.32. The summed E-state index contributed by atoms with van der Waals surface area (Å²) in [7, 11) is 1.88. The van der Waals surface area contributed by atoms with E-state index in [1.807, 2.05) is 18.5 Å². The van der Waals surface area contributed by atoms with Gasteiger partial charge in [0, 0.05) is 36.6 Å². The second-order valence-corrected chi connectivity index (χ2v) is 9.32. The van der Waals surface area contributed by atoms with E-state index < -0.39 is 0 Å². The first-order chi connectivity index (χ1) is 14.4. The maximum absolute atomic E-state index is 12.5. The van der Waals surface area contributed by atoms with Crippen LogP contribution in [0, 0.1) is 0 Å². The summed E-state index contributed by atoms with van der Waals surface area (Å²) < 4.78 is 1.88. The first kappa shape index (κ1) is 22.6. The number of rotatable bonds is 8. The van der Waals surface area contributed by atoms with Crippen molar-refractivity contribution in [2.24, 2.45) is 7.05 Å². The lowest BCUT2D eigenvalue weighted by Gasteiger charge is -2.24. The normalized spacial score (nSPS) is 15.6. The summed E-state index contributed by atoms with van der Waals surface area (Å²) in [6, 6.07) is 7.06. The Bertz CT molecular complexity index is 865. The van der Waals surface area contributed by atoms with Gasteiger partial charge in [-0.05, 0) is 44.0 Å². The van der Waals surface area contributed by atoms with Crippen molar-refractivity contribution in [3.8, 4) is 0 Å². The smallest absolute Gasteiger partial charge is 0.251 e. The fourth-order valence-electron chi connectivity index (χ4n) is 3.43. The molecule has 0 radical (unpaired) electrons. The number of aromatic nitrogens is 3. The summed E-state index contributed by atoms with van der Waals surface area (Å²) in [5.74, 6) is 0.650. The van der Waals surface area contributed by atoms with Crippen LogP contribution in [0.5, 0.6) is 0 Å². The first-order valence-corrected chi connectivity index (χ1v) is 11.6. The maximum Gasteiger partial charge on any atom is 0.251 e. The van der Waals surface area contributed by atoms with Crippen LogP contribution in [0.2, 0.25) is 5.02 Å². The molecule has 1 unspecified atom stereocenters. The molecule has 1 atom stereocenters. The molecule has 1 fully saturated rings. The largest absolute Gasteiger partial charge is 0.352 e. The lowest BCUT2D eigenvalue weighted by atomic mass is 9.95. The molecule has 0 saturated heterocycles. The van der Waals surface area contributed by atoms with Crippen molar-refractivity contribution in [2.45, 2.75) is 61.9 Å². The van der Waals surface area contributed by atoms with Gasteiger partial charge < -0.3 is 15.2 Å². The minimum absolute atomic E-state index is 0.0478. The third-order valence-corrected chi connectivity index (χ3v) is 6.65. The molecule has 2 N–H and O–H groups in total. The van der Waals surface area contributed by atoms with E-state index in [1.54, 1.807) is 24.3 Å². The van der Waals surface area contributed by atoms with Crippen LogP contribution in [-0.4, -0.2) is 44.4 Å². The molecule has 9 heteroatoms. The minimum atomic E-state index is -0.243. The Kier molecular flexibility index (Phi) is 8.16. The Morgan fingerprint density at radius 1 is 1.20 bits per heavy atom. The summed E-state index contributed by atoms with van der Waals surface area (Å²) in [5, 5.41) is 15.5. The van der Waals surface area contributed by atoms with E-state index in [0.717, 1.165) is 18.7 Å². The topological polar surface area (TPSA) is 88.9 Å². The van der Waals surface area contributed by atoms with Crippen molar-refractivity contribution in [1.82, 2.24) is 25.4 Å². The lowest BCUT2D eigenvalue weighted by molar-refractivity contribution is -0.121. The average Bonchev–Trinajstić information content (AvgIpc) is 3.08. The third-order valence-electron chi connectivity index (χ3n) is 5.27. The van der Waals surface area contributed by atoms with Crippen LogP contribution in [0.1, 0.15) is 55.2 Å². The van der Waals surface area contributed by atoms with Crippen LogP contribution in [0.3, 0.4) is 0 Å². The van der Waals surface area contributed by atoms with Gasteiger partial charge in [0.15, 0.2) is 5.16 Å². The van der Waals surface area contributed by atoms with Gasteiger partial charge in [0.2, 0.25) is 5.91 Å². The van der Waals surface area contributed by atoms with Gasteiger partial charge in [0.1, 0.15) is 5.82 Å². The molecule has 1 aliphatic rings. The number of nitrogens with zero attached hydrogens (tertiary/aromatic N) is 3. The zero-order chi connectivity index (χ0) is 21.5. The molecule has 162 valence electrons. The van der Waals surface area contributed by atoms with Crippen LogP contribution in [-0.2, 0) is 18.3 Å². The lowest BCUT2D eigenvalue weighted by Crippen LogP contribution is -2.40. The van der Waals surface area contributed by atoms with Crippen LogP contribution in [0.15, 0.2) is 29.4 Å². The number of carbonyl (C=O) groups is 2. The van der Waals surface area contributed by atoms with Gasteiger partial charge in [-0.25, -0.2) is 0 Å². The quantitative estimate of drug-likeness (QED) is 0.603. The number of hydrogen-bond acceptors (Lipinski definition) is 5. The van der Waals surface area contributed by atoms with Crippen LogP contribution >= 0.6 is 23.4 Å². The van der Waals surface area contributed by atoms with Gasteiger partial charge in [-0.3, -0.25) is 9.59 Å². The van der Waals surface area contributed by atoms with Crippen molar-refractivity contribution < 1.29 is 9.59 Å². The molecular weight excluding hydrogens is 422 g/mol. The minimum Gasteiger partial charge on any atom is -0.352 e. The molecule has 0 aliphatic heterocycles. The molecule has 2 amide bonds. The van der Waals surface area contributed by atoms with E-state index in [9.17, 15) is 9.59 Å². The fraction of sp³-hybridized carbons (Fsp3) is 0.524. The summed E-state index contributed by atoms with van der Waals surface area (Å²) >= 11 is 7.25. The summed E-state index contributed by atoms with van der Waals surface area (Å²) in [5.41, 5.74) is 0.561. The summed E-state index contributed by atoms with van der Waals surface area (Å²) in [6.45, 7) is 2.33. The van der Waals surface area contributed by atoms with Crippen molar-refractivity contribution in [3.63, 3.8) is 0 Å². The second kappa shape index (κ2) is 10.8. The molecule has 7 nitrogen and oxygen atoms in total. The zero-order valence-corrected chi connectivity index (χ0v) is 18.9. The highest BCUT2D eigenvalue weighted by molar-refractivity contribution is 8.00. The van der Waals surface area contributed by atoms with Crippen molar-refractivity contribution in [2.75, 3.05) is 6.54 Å². The molecule has 1 heterocycles. The van der Waals surface area contributed by atoms with E-state index in [1.165, 1.54) is 31.0 Å². The maximum atomic E-state index is 12.5. The molecule has 0 spiro atoms. The van der Waals surface area contributed by atoms with E-state index >= 15 is 0 Å². The number of nitrogens with one attached hydrogen (secondary N) is 2. The highest BCUT2D eigenvalue weighted by atomic mass is 35.5. The van der Waals surface area contributed by atoms with E-state index in [-0.39, 0.29) is 17.1 Å². The molecule has 1 aromatic carbocycles. The van der Waals surface area contributed by atoms with Crippen molar-refractivity contribution in [3.05, 3.63) is 40.7 Å². The van der Waals surface area contributed by atoms with Crippen LogP contribution < -0.4 is 10.6 Å². The monoisotopic (exact) mass is 449 g/mol. The highest BCUT2D eigenvalue weighted by Crippen LogP contribution is 2.23. The highest BCUT2D eigenvalue weighted by Gasteiger charge is 2.22. The van der Waals surface area contributed by atoms with Gasteiger partial charge in [-0.1, -0.05) is 42.6 Å². The van der Waals surface area contributed by atoms with E-state index in [2.05, 4.69) is 20.8 Å². The molecule has 2 aromatic rings. The number of halogens is 1. The zero-order valence-electron chi connectivity index (χ0n) is 17.4. The molecule has 1 aromatic heterocycles. The second-order valence-electron chi connectivity index (χ2n) is 7.57. The van der Waals surface area contributed by atoms with Crippen molar-refractivity contribution >= 4 is 35.2 Å². The van der Waals surface area contributed by atoms with Gasteiger partial charge in [-0.15, -0.1) is 10.2 Å². The van der Waals surface area contributed by atoms with E-state index in [4.69, 9.17) is 11.6 Å². The first-order valence-electron chi connectivity index (χ1n) is 10.3. The molecular formula is C21H28ClN5O2S. The Hall–Kier alpha value is -2.06. The number of carbonyl (C=O) groups excluding carboxylic acids is 2. The molecule has 3 rings (SSSR count). The van der Waals surface area contributed by atoms with Gasteiger partial charge in [0.25, 0.3) is 5.91 Å². The molecule has 1 saturated carbocycles. The number of thioether (sulfide) groups is 1. The molecule has 1 aliphatic carbocycles. The van der Waals surface area contributed by atoms with Crippen LogP contribution in [0.25, 0.3) is 0 Å². The fourth-order valence-corrected chi connectivity index (χ4v) is 4.40.